The number of nitrogens with two attached hydrogens (primary N) is 3. The van der Waals surface area contributed by atoms with Gasteiger partial charge in [0.1, 0.15) is 17.3 Å². The van der Waals surface area contributed by atoms with Crippen molar-refractivity contribution in [3.05, 3.63) is 0 Å². The Labute approximate surface area is 170 Å². The van der Waals surface area contributed by atoms with Gasteiger partial charge in [0.25, 0.3) is 0 Å². The van der Waals surface area contributed by atoms with Gasteiger partial charge in [-0.2, -0.15) is 11.8 Å². The Morgan fingerprint density at radius 1 is 0.704 bits per heavy atom. The second kappa shape index (κ2) is 18.6. The Hall–Kier alpha value is -0.760. The van der Waals surface area contributed by atoms with Crippen LogP contribution in [0.1, 0.15) is 67.7 Å². The molecule has 27 heavy (non-hydrogen) atoms. The van der Waals surface area contributed by atoms with Gasteiger partial charge in [0.2, 0.25) is 0 Å². The van der Waals surface area contributed by atoms with Crippen LogP contribution >= 0.6 is 11.8 Å². The van der Waals surface area contributed by atoms with Crippen LogP contribution in [-0.2, 0) is 14.4 Å². The van der Waals surface area contributed by atoms with Gasteiger partial charge in [-0.3, -0.25) is 14.4 Å². The first kappa shape index (κ1) is 31.0. The van der Waals surface area contributed by atoms with E-state index >= 15 is 0 Å². The summed E-state index contributed by atoms with van der Waals surface area (Å²) >= 11 is 1.72. The smallest absolute Gasteiger partial charge is 0.146 e. The number of thioether (sulfide) groups is 1. The topological polar surface area (TPSA) is 129 Å². The maximum absolute atomic E-state index is 10.6. The van der Waals surface area contributed by atoms with Gasteiger partial charge in [-0.15, -0.1) is 0 Å². The monoisotopic (exact) mass is 405 g/mol. The number of hydrogen-bond donors (Lipinski definition) is 3. The standard InChI is InChI=1S/2C7H15NO.C6H13NOS/c2*1-5(2)4-7(8)6(3)9;1-5(8)6(7)3-4-9-2/h2*5,7H,4,8H2,1-3H3;6H,3-4,7H2,1-2H3/t2*7-;6-/m101/s1. The van der Waals surface area contributed by atoms with Gasteiger partial charge in [0.05, 0.1) is 18.1 Å². The summed E-state index contributed by atoms with van der Waals surface area (Å²) in [5.74, 6) is 2.27. The molecule has 0 aromatic heterocycles. The van der Waals surface area contributed by atoms with Gasteiger partial charge < -0.3 is 17.2 Å². The van der Waals surface area contributed by atoms with Crippen LogP contribution in [0.3, 0.4) is 0 Å². The third-order valence-electron chi connectivity index (χ3n) is 3.65. The lowest BCUT2D eigenvalue weighted by atomic mass is 10.0. The summed E-state index contributed by atoms with van der Waals surface area (Å²) in [6, 6.07) is -0.729. The molecule has 7 heteroatoms. The Kier molecular flexibility index (Phi) is 21.3. The summed E-state index contributed by atoms with van der Waals surface area (Å²) in [6.07, 6.45) is 4.41. The van der Waals surface area contributed by atoms with E-state index in [4.69, 9.17) is 17.2 Å². The summed E-state index contributed by atoms with van der Waals surface area (Å²) in [5, 5.41) is 0. The maximum atomic E-state index is 10.6. The van der Waals surface area contributed by atoms with Crippen molar-refractivity contribution in [3.8, 4) is 0 Å². The van der Waals surface area contributed by atoms with Crippen molar-refractivity contribution in [2.75, 3.05) is 12.0 Å². The molecule has 0 saturated carbocycles. The molecule has 0 aliphatic rings. The molecule has 0 aliphatic heterocycles. The van der Waals surface area contributed by atoms with E-state index in [0.29, 0.717) is 11.8 Å². The van der Waals surface area contributed by atoms with Crippen molar-refractivity contribution in [2.24, 2.45) is 29.0 Å². The highest BCUT2D eigenvalue weighted by Crippen LogP contribution is 2.03. The molecule has 0 saturated heterocycles. The lowest BCUT2D eigenvalue weighted by molar-refractivity contribution is -0.119. The highest BCUT2D eigenvalue weighted by atomic mass is 32.2. The van der Waals surface area contributed by atoms with Crippen LogP contribution < -0.4 is 17.2 Å². The predicted molar refractivity (Wildman–Crippen MR) is 118 cm³/mol. The normalized spacial score (nSPS) is 13.7. The van der Waals surface area contributed by atoms with Crippen LogP contribution in [0, 0.1) is 11.8 Å². The Morgan fingerprint density at radius 2 is 1.00 bits per heavy atom. The van der Waals surface area contributed by atoms with Crippen molar-refractivity contribution >= 4 is 29.1 Å². The van der Waals surface area contributed by atoms with Crippen molar-refractivity contribution in [3.63, 3.8) is 0 Å². The minimum atomic E-state index is -0.245. The zero-order chi connectivity index (χ0) is 22.2. The number of carbonyl (C=O) groups excluding carboxylic acids is 3. The molecule has 6 N–H and O–H groups in total. The number of carbonyl (C=O) groups is 3. The quantitative estimate of drug-likeness (QED) is 0.509. The van der Waals surface area contributed by atoms with Crippen LogP contribution in [0.2, 0.25) is 0 Å². The summed E-state index contributed by atoms with van der Waals surface area (Å²) < 4.78 is 0. The van der Waals surface area contributed by atoms with Crippen LogP contribution in [0.4, 0.5) is 0 Å². The van der Waals surface area contributed by atoms with Gasteiger partial charge in [0.15, 0.2) is 0 Å². The molecule has 0 amide bonds. The average Bonchev–Trinajstić information content (AvgIpc) is 2.52. The largest absolute Gasteiger partial charge is 0.322 e. The molecule has 0 unspecified atom stereocenters. The molecule has 0 heterocycles. The third-order valence-corrected chi connectivity index (χ3v) is 4.29. The van der Waals surface area contributed by atoms with E-state index in [1.807, 2.05) is 6.26 Å². The lowest BCUT2D eigenvalue weighted by Crippen LogP contribution is -2.29. The SMILES string of the molecule is CC(=O)[C@@H](N)CC(C)C.CC(=O)[C@H](N)CC(C)C.CSCC[C@@H](N)C(C)=O. The van der Waals surface area contributed by atoms with E-state index < -0.39 is 0 Å². The molecule has 0 fully saturated rings. The number of rotatable bonds is 10. The van der Waals surface area contributed by atoms with Gasteiger partial charge in [-0.1, -0.05) is 27.7 Å². The van der Waals surface area contributed by atoms with E-state index in [1.165, 1.54) is 20.8 Å². The summed E-state index contributed by atoms with van der Waals surface area (Å²) in [4.78, 5) is 31.6. The highest BCUT2D eigenvalue weighted by molar-refractivity contribution is 7.98. The fraction of sp³-hybridized carbons (Fsp3) is 0.850. The maximum Gasteiger partial charge on any atom is 0.146 e. The van der Waals surface area contributed by atoms with Crippen molar-refractivity contribution in [1.29, 1.82) is 0 Å². The van der Waals surface area contributed by atoms with E-state index in [9.17, 15) is 14.4 Å². The van der Waals surface area contributed by atoms with Gasteiger partial charge in [-0.05, 0) is 63.9 Å². The van der Waals surface area contributed by atoms with Crippen molar-refractivity contribution in [1.82, 2.24) is 0 Å². The number of ketones is 3. The first-order valence-corrected chi connectivity index (χ1v) is 10.9. The fourth-order valence-electron chi connectivity index (χ4n) is 1.80. The second-order valence-electron chi connectivity index (χ2n) is 7.69. The molecule has 0 radical (unpaired) electrons. The minimum absolute atomic E-state index is 0.0868. The van der Waals surface area contributed by atoms with Crippen LogP contribution in [0.15, 0.2) is 0 Å². The van der Waals surface area contributed by atoms with Gasteiger partial charge in [0, 0.05) is 0 Å². The van der Waals surface area contributed by atoms with Gasteiger partial charge >= 0.3 is 0 Å². The minimum Gasteiger partial charge on any atom is -0.322 e. The average molecular weight is 406 g/mol. The molecule has 0 aromatic carbocycles. The lowest BCUT2D eigenvalue weighted by Gasteiger charge is -2.08. The third kappa shape index (κ3) is 25.2. The Balaban J connectivity index is -0.000000320. The van der Waals surface area contributed by atoms with Crippen LogP contribution in [-0.4, -0.2) is 47.5 Å². The zero-order valence-electron chi connectivity index (χ0n) is 18.6. The van der Waals surface area contributed by atoms with E-state index in [-0.39, 0.29) is 35.5 Å². The first-order valence-electron chi connectivity index (χ1n) is 9.53. The van der Waals surface area contributed by atoms with Crippen molar-refractivity contribution in [2.45, 2.75) is 85.9 Å². The van der Waals surface area contributed by atoms with Crippen LogP contribution in [0.5, 0.6) is 0 Å². The Morgan fingerprint density at radius 3 is 1.15 bits per heavy atom. The molecule has 0 rings (SSSR count). The zero-order valence-corrected chi connectivity index (χ0v) is 19.4. The van der Waals surface area contributed by atoms with E-state index in [1.54, 1.807) is 11.8 Å². The number of hydrogen-bond acceptors (Lipinski definition) is 7. The first-order chi connectivity index (χ1) is 12.3. The molecule has 6 nitrogen and oxygen atoms in total. The van der Waals surface area contributed by atoms with Gasteiger partial charge in [-0.25, -0.2) is 0 Å². The molecule has 3 atom stereocenters. The number of Topliss-reactive ketones (excluding diaryl/α,β-unsaturated/α-hetero) is 3. The predicted octanol–water partition coefficient (Wildman–Crippen LogP) is 2.55. The molecule has 162 valence electrons. The summed E-state index contributed by atoms with van der Waals surface area (Å²) in [5.41, 5.74) is 16.4. The molecule has 0 spiro atoms. The molecular formula is C20H43N3O3S. The van der Waals surface area contributed by atoms with Crippen LogP contribution in [0.25, 0.3) is 0 Å². The van der Waals surface area contributed by atoms with Crippen molar-refractivity contribution < 1.29 is 14.4 Å². The second-order valence-corrected chi connectivity index (χ2v) is 8.68. The fourth-order valence-corrected chi connectivity index (χ4v) is 2.29. The molecule has 0 aliphatic carbocycles. The van der Waals surface area contributed by atoms with E-state index in [0.717, 1.165) is 25.0 Å². The summed E-state index contributed by atoms with van der Waals surface area (Å²) in [6.45, 7) is 12.8. The Bertz CT molecular complexity index is 389. The molecule has 0 aromatic rings. The highest BCUT2D eigenvalue weighted by Gasteiger charge is 2.09. The molecular weight excluding hydrogens is 362 g/mol. The van der Waals surface area contributed by atoms with E-state index in [2.05, 4.69) is 27.7 Å². The molecule has 0 bridgehead atoms. The summed E-state index contributed by atoms with van der Waals surface area (Å²) in [7, 11) is 0.